The quantitative estimate of drug-likeness (QED) is 0.908. The summed E-state index contributed by atoms with van der Waals surface area (Å²) in [5.74, 6) is 0.460. The van der Waals surface area contributed by atoms with Crippen molar-refractivity contribution < 1.29 is 0 Å². The second-order valence-corrected chi connectivity index (χ2v) is 5.57. The molecule has 0 bridgehead atoms. The van der Waals surface area contributed by atoms with Crippen molar-refractivity contribution >= 4 is 0 Å². The van der Waals surface area contributed by atoms with E-state index < -0.39 is 0 Å². The Morgan fingerprint density at radius 1 is 1.50 bits per heavy atom. The van der Waals surface area contributed by atoms with Gasteiger partial charge >= 0.3 is 0 Å². The first-order valence-electron chi connectivity index (χ1n) is 7.45. The number of hydrogen-bond donors (Lipinski definition) is 1. The van der Waals surface area contributed by atoms with Gasteiger partial charge in [0, 0.05) is 42.7 Å². The molecule has 0 spiro atoms. The molecule has 0 aromatic carbocycles. The molecular weight excluding hydrogens is 248 g/mol. The Morgan fingerprint density at radius 3 is 3.15 bits per heavy atom. The van der Waals surface area contributed by atoms with Crippen LogP contribution in [0, 0.1) is 0 Å². The van der Waals surface area contributed by atoms with E-state index in [2.05, 4.69) is 34.6 Å². The Bertz CT molecular complexity index is 575. The van der Waals surface area contributed by atoms with Crippen LogP contribution in [0.3, 0.4) is 0 Å². The number of fused-ring (bicyclic) bond motifs is 1. The molecule has 2 heterocycles. The molecule has 1 N–H and O–H groups in total. The van der Waals surface area contributed by atoms with Gasteiger partial charge in [-0.05, 0) is 37.4 Å². The van der Waals surface area contributed by atoms with E-state index in [-0.39, 0.29) is 0 Å². The second kappa shape index (κ2) is 5.75. The monoisotopic (exact) mass is 270 g/mol. The lowest BCUT2D eigenvalue weighted by atomic mass is 9.92. The lowest BCUT2D eigenvalue weighted by Crippen LogP contribution is -2.27. The maximum absolute atomic E-state index is 4.63. The molecule has 0 amide bonds. The van der Waals surface area contributed by atoms with Crippen LogP contribution < -0.4 is 5.32 Å². The molecule has 2 aromatic heterocycles. The lowest BCUT2D eigenvalue weighted by Gasteiger charge is -2.24. The van der Waals surface area contributed by atoms with Crippen LogP contribution in [0.4, 0.5) is 0 Å². The van der Waals surface area contributed by atoms with Gasteiger partial charge < -0.3 is 5.32 Å². The Labute approximate surface area is 120 Å². The summed E-state index contributed by atoms with van der Waals surface area (Å²) in [6.07, 6.45) is 9.46. The van der Waals surface area contributed by atoms with E-state index in [9.17, 15) is 0 Å². The van der Waals surface area contributed by atoms with Gasteiger partial charge in [-0.25, -0.2) is 0 Å². The number of hydrogen-bond acceptors (Lipinski definition) is 3. The van der Waals surface area contributed by atoms with Gasteiger partial charge in [0.25, 0.3) is 0 Å². The molecule has 4 heteroatoms. The van der Waals surface area contributed by atoms with Crippen LogP contribution in [0.2, 0.25) is 0 Å². The van der Waals surface area contributed by atoms with E-state index in [0.717, 1.165) is 19.4 Å². The highest BCUT2D eigenvalue weighted by molar-refractivity contribution is 5.32. The van der Waals surface area contributed by atoms with Crippen molar-refractivity contribution in [3.63, 3.8) is 0 Å². The van der Waals surface area contributed by atoms with Crippen LogP contribution in [-0.2, 0) is 13.5 Å². The van der Waals surface area contributed by atoms with Crippen LogP contribution in [0.15, 0.2) is 30.7 Å². The number of nitrogens with one attached hydrogen (secondary N) is 1. The highest BCUT2D eigenvalue weighted by atomic mass is 15.2. The van der Waals surface area contributed by atoms with E-state index in [1.54, 1.807) is 0 Å². The highest BCUT2D eigenvalue weighted by Gasteiger charge is 2.32. The molecule has 0 aliphatic heterocycles. The minimum Gasteiger partial charge on any atom is -0.309 e. The highest BCUT2D eigenvalue weighted by Crippen LogP contribution is 2.40. The molecule has 2 aromatic rings. The zero-order chi connectivity index (χ0) is 13.9. The van der Waals surface area contributed by atoms with Gasteiger partial charge in [-0.1, -0.05) is 13.0 Å². The number of rotatable bonds is 5. The Kier molecular flexibility index (Phi) is 3.83. The van der Waals surface area contributed by atoms with Crippen molar-refractivity contribution in [2.24, 2.45) is 7.05 Å². The standard InChI is InChI=1S/C16H22N4/c1-3-8-17-16(13-10-19-20(2)11-13)14-7-6-12-5-4-9-18-15(12)14/h4-5,9-11,14,16-17H,3,6-8H2,1-2H3. The number of nitrogens with zero attached hydrogens (tertiary/aromatic N) is 3. The molecule has 0 saturated heterocycles. The first-order valence-corrected chi connectivity index (χ1v) is 7.45. The average molecular weight is 270 g/mol. The first-order chi connectivity index (χ1) is 9.79. The molecule has 3 rings (SSSR count). The third-order valence-electron chi connectivity index (χ3n) is 4.10. The molecule has 0 saturated carbocycles. The number of pyridine rings is 1. The summed E-state index contributed by atoms with van der Waals surface area (Å²) in [6, 6.07) is 4.57. The van der Waals surface area contributed by atoms with E-state index in [1.165, 1.54) is 23.2 Å². The van der Waals surface area contributed by atoms with Gasteiger partial charge in [0.2, 0.25) is 0 Å². The molecule has 20 heavy (non-hydrogen) atoms. The molecule has 4 nitrogen and oxygen atoms in total. The smallest absolute Gasteiger partial charge is 0.0537 e. The van der Waals surface area contributed by atoms with E-state index in [1.807, 2.05) is 30.2 Å². The largest absolute Gasteiger partial charge is 0.309 e. The van der Waals surface area contributed by atoms with Gasteiger partial charge in [0.15, 0.2) is 0 Å². The van der Waals surface area contributed by atoms with E-state index in [4.69, 9.17) is 0 Å². The van der Waals surface area contributed by atoms with Gasteiger partial charge in [0.05, 0.1) is 6.20 Å². The van der Waals surface area contributed by atoms with Crippen molar-refractivity contribution in [2.75, 3.05) is 6.54 Å². The predicted molar refractivity (Wildman–Crippen MR) is 79.5 cm³/mol. The zero-order valence-electron chi connectivity index (χ0n) is 12.2. The normalized spacial score (nSPS) is 19.0. The molecule has 2 unspecified atom stereocenters. The van der Waals surface area contributed by atoms with Gasteiger partial charge in [-0.15, -0.1) is 0 Å². The molecule has 1 aliphatic rings. The van der Waals surface area contributed by atoms with Crippen molar-refractivity contribution in [2.45, 2.75) is 38.1 Å². The minimum atomic E-state index is 0.319. The summed E-state index contributed by atoms with van der Waals surface area (Å²) >= 11 is 0. The van der Waals surface area contributed by atoms with Gasteiger partial charge in [-0.2, -0.15) is 5.10 Å². The molecule has 0 fully saturated rings. The zero-order valence-corrected chi connectivity index (χ0v) is 12.2. The third kappa shape index (κ3) is 2.48. The summed E-state index contributed by atoms with van der Waals surface area (Å²) in [5, 5.41) is 8.02. The minimum absolute atomic E-state index is 0.319. The van der Waals surface area contributed by atoms with Gasteiger partial charge in [0.1, 0.15) is 0 Å². The van der Waals surface area contributed by atoms with Gasteiger partial charge in [-0.3, -0.25) is 9.67 Å². The lowest BCUT2D eigenvalue weighted by molar-refractivity contribution is 0.437. The molecule has 2 atom stereocenters. The molecule has 0 radical (unpaired) electrons. The van der Waals surface area contributed by atoms with Crippen molar-refractivity contribution in [1.82, 2.24) is 20.1 Å². The second-order valence-electron chi connectivity index (χ2n) is 5.57. The van der Waals surface area contributed by atoms with Crippen LogP contribution in [-0.4, -0.2) is 21.3 Å². The fraction of sp³-hybridized carbons (Fsp3) is 0.500. The summed E-state index contributed by atoms with van der Waals surface area (Å²) in [7, 11) is 1.97. The fourth-order valence-corrected chi connectivity index (χ4v) is 3.16. The summed E-state index contributed by atoms with van der Waals surface area (Å²) in [4.78, 5) is 4.63. The van der Waals surface area contributed by atoms with Crippen molar-refractivity contribution in [3.8, 4) is 0 Å². The maximum Gasteiger partial charge on any atom is 0.0537 e. The van der Waals surface area contributed by atoms with Crippen LogP contribution >= 0.6 is 0 Å². The Morgan fingerprint density at radius 2 is 2.40 bits per heavy atom. The summed E-state index contributed by atoms with van der Waals surface area (Å²) in [5.41, 5.74) is 3.94. The van der Waals surface area contributed by atoms with E-state index >= 15 is 0 Å². The fourth-order valence-electron chi connectivity index (χ4n) is 3.16. The van der Waals surface area contributed by atoms with E-state index in [0.29, 0.717) is 12.0 Å². The van der Waals surface area contributed by atoms with Crippen molar-refractivity contribution in [3.05, 3.63) is 47.5 Å². The molecule has 1 aliphatic carbocycles. The Hall–Kier alpha value is -1.68. The number of aryl methyl sites for hydroxylation is 2. The van der Waals surface area contributed by atoms with Crippen LogP contribution in [0.25, 0.3) is 0 Å². The average Bonchev–Trinajstić information content (AvgIpc) is 3.07. The molecular formula is C16H22N4. The maximum atomic E-state index is 4.63. The summed E-state index contributed by atoms with van der Waals surface area (Å²) in [6.45, 7) is 3.23. The first kappa shape index (κ1) is 13.3. The SMILES string of the molecule is CCCNC(c1cnn(C)c1)C1CCc2cccnc21. The van der Waals surface area contributed by atoms with Crippen molar-refractivity contribution in [1.29, 1.82) is 0 Å². The predicted octanol–water partition coefficient (Wildman–Crippen LogP) is 2.59. The van der Waals surface area contributed by atoms with Crippen LogP contribution in [0.1, 0.15) is 48.5 Å². The third-order valence-corrected chi connectivity index (χ3v) is 4.10. The topological polar surface area (TPSA) is 42.7 Å². The van der Waals surface area contributed by atoms with Crippen LogP contribution in [0.5, 0.6) is 0 Å². The Balaban J connectivity index is 1.90. The summed E-state index contributed by atoms with van der Waals surface area (Å²) < 4.78 is 1.88. The number of aromatic nitrogens is 3. The molecule has 106 valence electrons.